The number of imidazole rings is 1. The largest absolute Gasteiger partial charge is 0.356 e. The van der Waals surface area contributed by atoms with Crippen LogP contribution in [0, 0.1) is 13.8 Å². The molecule has 0 saturated carbocycles. The summed E-state index contributed by atoms with van der Waals surface area (Å²) in [5.41, 5.74) is 0.968. The van der Waals surface area contributed by atoms with Gasteiger partial charge in [0.1, 0.15) is 5.69 Å². The lowest BCUT2D eigenvalue weighted by Crippen LogP contribution is -2.24. The Labute approximate surface area is 238 Å². The maximum absolute atomic E-state index is 13.1. The molecule has 0 spiro atoms. The SMILES string of the molecule is CCCCCCNC(=O)CCCCSc1sc(C)c(C)n2c(=O)nc(NS(=O)(=O)c3ccc(C(C)=O)cc3)c1-2. The molecule has 3 rings (SSSR count). The van der Waals surface area contributed by atoms with E-state index in [0.717, 1.165) is 41.2 Å². The molecule has 1 amide bonds. The molecule has 0 bridgehead atoms. The number of fused-ring (bicyclic) bond motifs is 1. The van der Waals surface area contributed by atoms with Gasteiger partial charge in [0.15, 0.2) is 11.6 Å². The number of amides is 1. The van der Waals surface area contributed by atoms with Crippen LogP contribution >= 0.6 is 23.1 Å². The highest BCUT2D eigenvalue weighted by Crippen LogP contribution is 2.38. The van der Waals surface area contributed by atoms with E-state index in [1.54, 1.807) is 6.92 Å². The molecule has 9 nitrogen and oxygen atoms in total. The molecular formula is C27H36N4O5S3. The Hall–Kier alpha value is -2.70. The minimum absolute atomic E-state index is 0.0278. The minimum atomic E-state index is -4.05. The fourth-order valence-electron chi connectivity index (χ4n) is 3.96. The number of anilines is 1. The topological polar surface area (TPSA) is 127 Å². The van der Waals surface area contributed by atoms with Crippen LogP contribution in [0.2, 0.25) is 0 Å². The molecule has 2 aliphatic rings. The first-order valence-corrected chi connectivity index (χ1v) is 16.4. The quantitative estimate of drug-likeness (QED) is 0.139. The van der Waals surface area contributed by atoms with Crippen molar-refractivity contribution in [3.05, 3.63) is 50.9 Å². The van der Waals surface area contributed by atoms with Crippen molar-refractivity contribution in [1.82, 2.24) is 14.9 Å². The van der Waals surface area contributed by atoms with E-state index in [9.17, 15) is 22.8 Å². The van der Waals surface area contributed by atoms with Crippen LogP contribution < -0.4 is 15.7 Å². The highest BCUT2D eigenvalue weighted by Gasteiger charge is 2.27. The van der Waals surface area contributed by atoms with Gasteiger partial charge in [-0.25, -0.2) is 13.2 Å². The maximum atomic E-state index is 13.1. The van der Waals surface area contributed by atoms with Crippen molar-refractivity contribution in [2.75, 3.05) is 17.0 Å². The number of hydrogen-bond donors (Lipinski definition) is 2. The third kappa shape index (κ3) is 8.15. The molecule has 1 aromatic carbocycles. The summed E-state index contributed by atoms with van der Waals surface area (Å²) in [5, 5.41) is 2.97. The van der Waals surface area contributed by atoms with Gasteiger partial charge in [-0.15, -0.1) is 23.1 Å². The molecule has 0 aliphatic carbocycles. The van der Waals surface area contributed by atoms with Gasteiger partial charge >= 0.3 is 5.69 Å². The van der Waals surface area contributed by atoms with E-state index in [1.807, 2.05) is 6.92 Å². The van der Waals surface area contributed by atoms with Crippen molar-refractivity contribution in [2.24, 2.45) is 0 Å². The van der Waals surface area contributed by atoms with Gasteiger partial charge in [0.2, 0.25) is 5.91 Å². The molecule has 0 atom stereocenters. The summed E-state index contributed by atoms with van der Waals surface area (Å²) in [7, 11) is -4.05. The zero-order valence-corrected chi connectivity index (χ0v) is 25.3. The molecule has 0 fully saturated rings. The lowest BCUT2D eigenvalue weighted by molar-refractivity contribution is -0.121. The van der Waals surface area contributed by atoms with Gasteiger partial charge in [-0.1, -0.05) is 38.3 Å². The van der Waals surface area contributed by atoms with E-state index >= 15 is 0 Å². The molecule has 2 heterocycles. The van der Waals surface area contributed by atoms with E-state index in [-0.39, 0.29) is 22.4 Å². The van der Waals surface area contributed by atoms with Gasteiger partial charge < -0.3 is 5.32 Å². The van der Waals surface area contributed by atoms with Gasteiger partial charge in [-0.05, 0) is 57.9 Å². The number of nitrogens with zero attached hydrogens (tertiary/aromatic N) is 2. The highest BCUT2D eigenvalue weighted by molar-refractivity contribution is 8.01. The van der Waals surface area contributed by atoms with Gasteiger partial charge in [-0.2, -0.15) is 4.98 Å². The van der Waals surface area contributed by atoms with Crippen molar-refractivity contribution in [3.8, 4) is 5.69 Å². The number of hydrogen-bond acceptors (Lipinski definition) is 8. The smallest absolute Gasteiger partial charge is 0.354 e. The average molecular weight is 593 g/mol. The van der Waals surface area contributed by atoms with Gasteiger partial charge in [0, 0.05) is 29.1 Å². The number of nitrogens with one attached hydrogen (secondary N) is 2. The van der Waals surface area contributed by atoms with E-state index in [1.165, 1.54) is 65.3 Å². The van der Waals surface area contributed by atoms with Gasteiger partial charge in [-0.3, -0.25) is 18.9 Å². The summed E-state index contributed by atoms with van der Waals surface area (Å²) in [4.78, 5) is 41.3. The van der Waals surface area contributed by atoms with E-state index in [0.29, 0.717) is 35.7 Å². The predicted molar refractivity (Wildman–Crippen MR) is 157 cm³/mol. The monoisotopic (exact) mass is 592 g/mol. The molecule has 2 N–H and O–H groups in total. The number of benzene rings is 1. The summed E-state index contributed by atoms with van der Waals surface area (Å²) >= 11 is 3.00. The molecule has 212 valence electrons. The fraction of sp³-hybridized carbons (Fsp3) is 0.481. The molecule has 39 heavy (non-hydrogen) atoms. The Morgan fingerprint density at radius 3 is 2.44 bits per heavy atom. The first-order valence-electron chi connectivity index (χ1n) is 13.1. The van der Waals surface area contributed by atoms with Gasteiger partial charge in [0.25, 0.3) is 10.0 Å². The molecule has 0 unspecified atom stereocenters. The number of carbonyl (C=O) groups is 2. The third-order valence-corrected chi connectivity index (χ3v) is 10.2. The van der Waals surface area contributed by atoms with Crippen LogP contribution in [-0.4, -0.2) is 42.0 Å². The molecule has 0 radical (unpaired) electrons. The number of sulfonamides is 1. The maximum Gasteiger partial charge on any atom is 0.354 e. The Bertz CT molecular complexity index is 1430. The van der Waals surface area contributed by atoms with Crippen LogP contribution in [0.3, 0.4) is 0 Å². The second kappa shape index (κ2) is 14.1. The van der Waals surface area contributed by atoms with Crippen LogP contribution in [-0.2, 0) is 14.8 Å². The molecule has 0 aromatic heterocycles. The van der Waals surface area contributed by atoms with E-state index < -0.39 is 15.7 Å². The summed E-state index contributed by atoms with van der Waals surface area (Å²) < 4.78 is 30.9. The zero-order valence-electron chi connectivity index (χ0n) is 22.8. The fourth-order valence-corrected chi connectivity index (χ4v) is 7.49. The van der Waals surface area contributed by atoms with Crippen LogP contribution in [0.15, 0.2) is 38.2 Å². The van der Waals surface area contributed by atoms with Crippen LogP contribution in [0.1, 0.15) is 79.7 Å². The number of aryl methyl sites for hydroxylation is 1. The second-order valence-corrected chi connectivity index (χ2v) is 13.6. The summed E-state index contributed by atoms with van der Waals surface area (Å²) in [6.07, 6.45) is 6.47. The Kier molecular flexibility index (Phi) is 11.1. The lowest BCUT2D eigenvalue weighted by atomic mass is 10.2. The molecular weight excluding hydrogens is 557 g/mol. The minimum Gasteiger partial charge on any atom is -0.356 e. The number of aromatic nitrogens is 2. The average Bonchev–Trinajstić information content (AvgIpc) is 3.21. The molecule has 12 heteroatoms. The Balaban J connectivity index is 1.70. The van der Waals surface area contributed by atoms with Crippen molar-refractivity contribution >= 4 is 50.6 Å². The number of rotatable bonds is 15. The first-order chi connectivity index (χ1) is 18.5. The predicted octanol–water partition coefficient (Wildman–Crippen LogP) is 5.31. The van der Waals surface area contributed by atoms with Crippen molar-refractivity contribution in [3.63, 3.8) is 0 Å². The molecule has 1 aromatic rings. The van der Waals surface area contributed by atoms with Crippen LogP contribution in [0.25, 0.3) is 5.69 Å². The Morgan fingerprint density at radius 1 is 1.05 bits per heavy atom. The van der Waals surface area contributed by atoms with Crippen molar-refractivity contribution in [1.29, 1.82) is 0 Å². The normalized spacial score (nSPS) is 11.6. The second-order valence-electron chi connectivity index (χ2n) is 9.36. The van der Waals surface area contributed by atoms with Crippen molar-refractivity contribution < 1.29 is 18.0 Å². The zero-order chi connectivity index (χ0) is 28.6. The Morgan fingerprint density at radius 2 is 1.77 bits per heavy atom. The lowest BCUT2D eigenvalue weighted by Gasteiger charge is -2.16. The number of ketones is 1. The highest BCUT2D eigenvalue weighted by atomic mass is 32.2. The summed E-state index contributed by atoms with van der Waals surface area (Å²) in [6.45, 7) is 7.99. The first kappa shape index (κ1) is 30.8. The number of unbranched alkanes of at least 4 members (excludes halogenated alkanes) is 4. The number of thioether (sulfide) groups is 1. The number of carbonyl (C=O) groups excluding carboxylic acids is 2. The standard InChI is InChI=1S/C27H36N4O5S3/c1-5-6-7-9-16-28-23(33)11-8-10-17-37-26-24-25(29-27(34)31(24)18(2)20(4)38-26)30-39(35,36)22-14-12-21(13-15-22)19(3)32/h12-15H,5-11,16-17H2,1-4H3,(H,28,33)(H,29,30,34). The van der Waals surface area contributed by atoms with Crippen LogP contribution in [0.5, 0.6) is 0 Å². The third-order valence-electron chi connectivity index (χ3n) is 6.32. The van der Waals surface area contributed by atoms with Gasteiger partial charge in [0.05, 0.1) is 9.10 Å². The molecule has 0 saturated heterocycles. The summed E-state index contributed by atoms with van der Waals surface area (Å²) in [6, 6.07) is 5.60. The van der Waals surface area contributed by atoms with Crippen molar-refractivity contribution in [2.45, 2.75) is 81.7 Å². The van der Waals surface area contributed by atoms with Crippen LogP contribution in [0.4, 0.5) is 5.82 Å². The number of Topliss-reactive ketones (excluding diaryl/α,β-unsaturated/α-hetero) is 1. The van der Waals surface area contributed by atoms with E-state index in [4.69, 9.17) is 0 Å². The summed E-state index contributed by atoms with van der Waals surface area (Å²) in [5.74, 6) is 0.573. The van der Waals surface area contributed by atoms with E-state index in [2.05, 4.69) is 21.9 Å². The molecule has 2 aliphatic heterocycles.